The number of anilines is 1. The number of nitrogens with zero attached hydrogens (tertiary/aromatic N) is 2. The molecule has 7 nitrogen and oxygen atoms in total. The highest BCUT2D eigenvalue weighted by Gasteiger charge is 2.08. The fourth-order valence-electron chi connectivity index (χ4n) is 1.27. The van der Waals surface area contributed by atoms with E-state index in [4.69, 9.17) is 5.11 Å². The topological polar surface area (TPSA) is 105 Å². The van der Waals surface area contributed by atoms with Crippen molar-refractivity contribution in [2.75, 3.05) is 5.32 Å². The molecule has 0 aromatic carbocycles. The number of carbonyl (C=O) groups excluding carboxylic acids is 1. The van der Waals surface area contributed by atoms with Gasteiger partial charge in [-0.1, -0.05) is 11.2 Å². The van der Waals surface area contributed by atoms with Gasteiger partial charge in [0.2, 0.25) is 0 Å². The lowest BCUT2D eigenvalue weighted by Gasteiger charge is -2.01. The van der Waals surface area contributed by atoms with Gasteiger partial charge in [0, 0.05) is 12.3 Å². The van der Waals surface area contributed by atoms with E-state index in [0.717, 1.165) is 6.08 Å². The van der Waals surface area contributed by atoms with E-state index in [2.05, 4.69) is 20.0 Å². The van der Waals surface area contributed by atoms with E-state index in [0.29, 0.717) is 11.3 Å². The molecule has 2 heterocycles. The number of aliphatic carboxylic acids is 1. The summed E-state index contributed by atoms with van der Waals surface area (Å²) in [6.45, 7) is 0. The molecule has 2 aromatic rings. The Balaban J connectivity index is 2.05. The lowest BCUT2D eigenvalue weighted by Crippen LogP contribution is -2.12. The van der Waals surface area contributed by atoms with Crippen LogP contribution < -0.4 is 5.32 Å². The summed E-state index contributed by atoms with van der Waals surface area (Å²) in [6.07, 6.45) is 6.44. The summed E-state index contributed by atoms with van der Waals surface area (Å²) in [4.78, 5) is 26.0. The number of hydrogen-bond donors (Lipinski definition) is 2. The number of carboxylic acid groups (broad SMARTS) is 1. The molecule has 0 unspecified atom stereocenters. The van der Waals surface area contributed by atoms with E-state index in [9.17, 15) is 9.59 Å². The minimum Gasteiger partial charge on any atom is -0.478 e. The third kappa shape index (κ3) is 3.50. The van der Waals surface area contributed by atoms with Crippen molar-refractivity contribution in [3.63, 3.8) is 0 Å². The molecule has 0 atom stereocenters. The van der Waals surface area contributed by atoms with Crippen LogP contribution in [0, 0.1) is 0 Å². The summed E-state index contributed by atoms with van der Waals surface area (Å²) in [5, 5.41) is 14.5. The average molecular weight is 259 g/mol. The molecule has 7 heteroatoms. The minimum absolute atomic E-state index is 0.202. The summed E-state index contributed by atoms with van der Waals surface area (Å²) in [6, 6.07) is 3.08. The Bertz CT molecular complexity index is 602. The van der Waals surface area contributed by atoms with E-state index in [1.165, 1.54) is 30.8 Å². The van der Waals surface area contributed by atoms with Gasteiger partial charge in [0.05, 0.1) is 6.20 Å². The van der Waals surface area contributed by atoms with Gasteiger partial charge in [0.25, 0.3) is 5.91 Å². The zero-order chi connectivity index (χ0) is 13.7. The highest BCUT2D eigenvalue weighted by molar-refractivity contribution is 6.02. The number of amides is 1. The monoisotopic (exact) mass is 259 g/mol. The molecule has 0 aliphatic heterocycles. The smallest absolute Gasteiger partial charge is 0.328 e. The second-order valence-electron chi connectivity index (χ2n) is 3.52. The molecule has 96 valence electrons. The molecule has 2 rings (SSSR count). The second-order valence-corrected chi connectivity index (χ2v) is 3.52. The van der Waals surface area contributed by atoms with Crippen molar-refractivity contribution in [2.24, 2.45) is 0 Å². The van der Waals surface area contributed by atoms with Gasteiger partial charge in [-0.15, -0.1) is 0 Å². The molecule has 19 heavy (non-hydrogen) atoms. The van der Waals surface area contributed by atoms with Crippen LogP contribution in [0.2, 0.25) is 0 Å². The van der Waals surface area contributed by atoms with Gasteiger partial charge in [0.1, 0.15) is 17.6 Å². The third-order valence-corrected chi connectivity index (χ3v) is 2.13. The van der Waals surface area contributed by atoms with Crippen molar-refractivity contribution in [1.82, 2.24) is 10.1 Å². The Morgan fingerprint density at radius 1 is 1.32 bits per heavy atom. The van der Waals surface area contributed by atoms with Crippen LogP contribution in [0.4, 0.5) is 5.69 Å². The highest BCUT2D eigenvalue weighted by atomic mass is 16.5. The first-order chi connectivity index (χ1) is 9.15. The van der Waals surface area contributed by atoms with Crippen LogP contribution in [0.3, 0.4) is 0 Å². The van der Waals surface area contributed by atoms with Crippen molar-refractivity contribution in [1.29, 1.82) is 0 Å². The molecule has 2 N–H and O–H groups in total. The van der Waals surface area contributed by atoms with Crippen molar-refractivity contribution in [2.45, 2.75) is 0 Å². The van der Waals surface area contributed by atoms with E-state index in [1.807, 2.05) is 0 Å². The standard InChI is InChI=1S/C12H9N3O4/c16-11(17)4-2-8-1-3-10(13-5-8)12(18)15-9-6-14-19-7-9/h1-7H,(H,15,18)(H,16,17)/b4-2+. The van der Waals surface area contributed by atoms with E-state index >= 15 is 0 Å². The van der Waals surface area contributed by atoms with E-state index in [1.54, 1.807) is 6.07 Å². The summed E-state index contributed by atoms with van der Waals surface area (Å²) < 4.78 is 4.57. The first-order valence-corrected chi connectivity index (χ1v) is 5.23. The molecule has 0 saturated carbocycles. The van der Waals surface area contributed by atoms with Crippen LogP contribution in [0.5, 0.6) is 0 Å². The normalized spacial score (nSPS) is 10.5. The van der Waals surface area contributed by atoms with Crippen LogP contribution in [-0.2, 0) is 4.79 Å². The zero-order valence-corrected chi connectivity index (χ0v) is 9.61. The Morgan fingerprint density at radius 3 is 2.74 bits per heavy atom. The molecule has 2 aromatic heterocycles. The molecule has 0 aliphatic carbocycles. The predicted octanol–water partition coefficient (Wildman–Crippen LogP) is 1.42. The maximum Gasteiger partial charge on any atom is 0.328 e. The quantitative estimate of drug-likeness (QED) is 0.804. The lowest BCUT2D eigenvalue weighted by atomic mass is 10.2. The molecule has 1 amide bonds. The van der Waals surface area contributed by atoms with Crippen molar-refractivity contribution < 1.29 is 19.2 Å². The summed E-state index contributed by atoms with van der Waals surface area (Å²) in [5.74, 6) is -1.45. The van der Waals surface area contributed by atoms with Crippen LogP contribution in [0.1, 0.15) is 16.1 Å². The molecule has 0 aliphatic rings. The Hall–Kier alpha value is -2.96. The fraction of sp³-hybridized carbons (Fsp3) is 0. The van der Waals surface area contributed by atoms with Crippen molar-refractivity contribution in [3.8, 4) is 0 Å². The number of hydrogen-bond acceptors (Lipinski definition) is 5. The molecular formula is C12H9N3O4. The van der Waals surface area contributed by atoms with Gasteiger partial charge in [-0.25, -0.2) is 4.79 Å². The highest BCUT2D eigenvalue weighted by Crippen LogP contribution is 2.07. The van der Waals surface area contributed by atoms with Gasteiger partial charge < -0.3 is 14.9 Å². The first-order valence-electron chi connectivity index (χ1n) is 5.23. The number of nitrogens with one attached hydrogen (secondary N) is 1. The Labute approximate surface area is 107 Å². The van der Waals surface area contributed by atoms with Crippen LogP contribution in [0.25, 0.3) is 6.08 Å². The van der Waals surface area contributed by atoms with Crippen LogP contribution in [0.15, 0.2) is 41.4 Å². The summed E-state index contributed by atoms with van der Waals surface area (Å²) in [7, 11) is 0. The summed E-state index contributed by atoms with van der Waals surface area (Å²) >= 11 is 0. The number of carboxylic acids is 1. The van der Waals surface area contributed by atoms with Gasteiger partial charge >= 0.3 is 5.97 Å². The fourth-order valence-corrected chi connectivity index (χ4v) is 1.27. The molecule has 0 fully saturated rings. The first kappa shape index (κ1) is 12.5. The number of rotatable bonds is 4. The molecule has 0 saturated heterocycles. The largest absolute Gasteiger partial charge is 0.478 e. The second kappa shape index (κ2) is 5.58. The molecule has 0 radical (unpaired) electrons. The number of pyridine rings is 1. The lowest BCUT2D eigenvalue weighted by molar-refractivity contribution is -0.131. The molecular weight excluding hydrogens is 250 g/mol. The average Bonchev–Trinajstić information content (AvgIpc) is 2.89. The Kier molecular flexibility index (Phi) is 3.67. The maximum atomic E-state index is 11.7. The zero-order valence-electron chi connectivity index (χ0n) is 9.61. The van der Waals surface area contributed by atoms with E-state index in [-0.39, 0.29) is 5.69 Å². The van der Waals surface area contributed by atoms with Crippen molar-refractivity contribution >= 4 is 23.6 Å². The number of carbonyl (C=O) groups is 2. The van der Waals surface area contributed by atoms with Gasteiger partial charge in [-0.05, 0) is 17.7 Å². The van der Waals surface area contributed by atoms with Crippen LogP contribution >= 0.6 is 0 Å². The SMILES string of the molecule is O=C(O)/C=C/c1ccc(C(=O)Nc2cnoc2)nc1. The minimum atomic E-state index is -1.05. The molecule has 0 spiro atoms. The number of aromatic nitrogens is 2. The van der Waals surface area contributed by atoms with Gasteiger partial charge in [-0.2, -0.15) is 0 Å². The molecule has 0 bridgehead atoms. The Morgan fingerprint density at radius 2 is 2.16 bits per heavy atom. The summed E-state index contributed by atoms with van der Waals surface area (Å²) in [5.41, 5.74) is 1.22. The maximum absolute atomic E-state index is 11.7. The third-order valence-electron chi connectivity index (χ3n) is 2.13. The van der Waals surface area contributed by atoms with Crippen LogP contribution in [-0.4, -0.2) is 27.1 Å². The van der Waals surface area contributed by atoms with Crippen molar-refractivity contribution in [3.05, 3.63) is 48.1 Å². The van der Waals surface area contributed by atoms with E-state index < -0.39 is 11.9 Å². The van der Waals surface area contributed by atoms with Gasteiger partial charge in [0.15, 0.2) is 0 Å². The van der Waals surface area contributed by atoms with Gasteiger partial charge in [-0.3, -0.25) is 9.78 Å². The predicted molar refractivity (Wildman–Crippen MR) is 65.4 cm³/mol.